The Kier molecular flexibility index (Phi) is 3.34. The number of thioether (sulfide) groups is 1. The van der Waals surface area contributed by atoms with E-state index in [-0.39, 0.29) is 5.69 Å². The molecule has 0 unspecified atom stereocenters. The molecule has 2 aromatic heterocycles. The van der Waals surface area contributed by atoms with Crippen molar-refractivity contribution in [1.82, 2.24) is 15.0 Å². The molecular formula is C11H10N4OS. The summed E-state index contributed by atoms with van der Waals surface area (Å²) in [6.07, 6.45) is 5.18. The molecule has 5 nitrogen and oxygen atoms in total. The summed E-state index contributed by atoms with van der Waals surface area (Å²) in [5.74, 6) is -0.557. The van der Waals surface area contributed by atoms with Gasteiger partial charge in [-0.3, -0.25) is 9.78 Å². The molecule has 0 atom stereocenters. The van der Waals surface area contributed by atoms with Gasteiger partial charge in [-0.05, 0) is 24.5 Å². The van der Waals surface area contributed by atoms with E-state index in [0.717, 1.165) is 5.56 Å². The number of carbonyl (C=O) groups is 1. The number of rotatable bonds is 3. The molecular weight excluding hydrogens is 236 g/mol. The molecule has 2 aromatic rings. The molecule has 2 N–H and O–H groups in total. The molecule has 0 spiro atoms. The van der Waals surface area contributed by atoms with Crippen molar-refractivity contribution in [3.63, 3.8) is 0 Å². The first-order valence-electron chi connectivity index (χ1n) is 4.84. The maximum absolute atomic E-state index is 11.2. The van der Waals surface area contributed by atoms with Crippen LogP contribution >= 0.6 is 11.8 Å². The van der Waals surface area contributed by atoms with Gasteiger partial charge >= 0.3 is 0 Å². The minimum absolute atomic E-state index is 0.219. The number of primary amides is 1. The highest BCUT2D eigenvalue weighted by molar-refractivity contribution is 7.98. The Morgan fingerprint density at radius 2 is 2.00 bits per heavy atom. The lowest BCUT2D eigenvalue weighted by atomic mass is 10.2. The van der Waals surface area contributed by atoms with Crippen LogP contribution in [0.4, 0.5) is 0 Å². The first-order valence-corrected chi connectivity index (χ1v) is 6.06. The zero-order valence-corrected chi connectivity index (χ0v) is 9.94. The fraction of sp³-hybridized carbons (Fsp3) is 0.0909. The van der Waals surface area contributed by atoms with Crippen molar-refractivity contribution in [2.75, 3.05) is 6.26 Å². The number of pyridine rings is 1. The zero-order valence-electron chi connectivity index (χ0n) is 9.12. The van der Waals surface area contributed by atoms with Gasteiger partial charge < -0.3 is 5.73 Å². The van der Waals surface area contributed by atoms with Crippen LogP contribution in [-0.4, -0.2) is 27.1 Å². The van der Waals surface area contributed by atoms with Gasteiger partial charge in [0.25, 0.3) is 5.91 Å². The standard InChI is InChI=1S/C11H10N4OS/c1-17-11-14-8(6-9(15-11)10(12)16)7-2-4-13-5-3-7/h2-6H,1H3,(H2,12,16). The number of hydrogen-bond donors (Lipinski definition) is 1. The molecule has 0 bridgehead atoms. The van der Waals surface area contributed by atoms with Crippen molar-refractivity contribution in [2.24, 2.45) is 5.73 Å². The smallest absolute Gasteiger partial charge is 0.267 e. The summed E-state index contributed by atoms with van der Waals surface area (Å²) in [4.78, 5) is 23.5. The Bertz CT molecular complexity index is 544. The normalized spacial score (nSPS) is 10.2. The van der Waals surface area contributed by atoms with Gasteiger partial charge in [0, 0.05) is 18.0 Å². The van der Waals surface area contributed by atoms with E-state index in [1.165, 1.54) is 11.8 Å². The Hall–Kier alpha value is -1.95. The third kappa shape index (κ3) is 2.59. The molecule has 0 aliphatic carbocycles. The van der Waals surface area contributed by atoms with Gasteiger partial charge in [-0.25, -0.2) is 9.97 Å². The van der Waals surface area contributed by atoms with Crippen LogP contribution < -0.4 is 5.73 Å². The van der Waals surface area contributed by atoms with E-state index in [0.29, 0.717) is 10.9 Å². The summed E-state index contributed by atoms with van der Waals surface area (Å²) in [5.41, 5.74) is 6.99. The van der Waals surface area contributed by atoms with E-state index in [4.69, 9.17) is 5.73 Å². The fourth-order valence-electron chi connectivity index (χ4n) is 1.31. The van der Waals surface area contributed by atoms with Gasteiger partial charge in [0.2, 0.25) is 0 Å². The van der Waals surface area contributed by atoms with Crippen molar-refractivity contribution in [2.45, 2.75) is 5.16 Å². The van der Waals surface area contributed by atoms with Crippen LogP contribution in [-0.2, 0) is 0 Å². The van der Waals surface area contributed by atoms with Crippen LogP contribution in [0.15, 0.2) is 35.7 Å². The number of carbonyl (C=O) groups excluding carboxylic acids is 1. The zero-order chi connectivity index (χ0) is 12.3. The van der Waals surface area contributed by atoms with E-state index < -0.39 is 5.91 Å². The Morgan fingerprint density at radius 3 is 2.59 bits per heavy atom. The maximum Gasteiger partial charge on any atom is 0.267 e. The van der Waals surface area contributed by atoms with Gasteiger partial charge in [0.05, 0.1) is 5.69 Å². The lowest BCUT2D eigenvalue weighted by Crippen LogP contribution is -2.14. The van der Waals surface area contributed by atoms with E-state index in [9.17, 15) is 4.79 Å². The number of hydrogen-bond acceptors (Lipinski definition) is 5. The van der Waals surface area contributed by atoms with Gasteiger partial charge in [-0.2, -0.15) is 0 Å². The predicted molar refractivity (Wildman–Crippen MR) is 65.6 cm³/mol. The van der Waals surface area contributed by atoms with E-state index >= 15 is 0 Å². The van der Waals surface area contributed by atoms with E-state index in [1.807, 2.05) is 18.4 Å². The fourth-order valence-corrected chi connectivity index (χ4v) is 1.69. The largest absolute Gasteiger partial charge is 0.364 e. The Balaban J connectivity index is 2.54. The minimum atomic E-state index is -0.557. The lowest BCUT2D eigenvalue weighted by Gasteiger charge is -2.04. The van der Waals surface area contributed by atoms with E-state index in [1.54, 1.807) is 18.5 Å². The SMILES string of the molecule is CSc1nc(C(N)=O)cc(-c2ccncc2)n1. The third-order valence-electron chi connectivity index (χ3n) is 2.12. The Labute approximate surface area is 103 Å². The molecule has 0 aliphatic rings. The second-order valence-electron chi connectivity index (χ2n) is 3.23. The van der Waals surface area contributed by atoms with Gasteiger partial charge in [0.15, 0.2) is 5.16 Å². The number of amides is 1. The van der Waals surface area contributed by atoms with Crippen LogP contribution in [0.3, 0.4) is 0 Å². The average molecular weight is 246 g/mol. The molecule has 0 fully saturated rings. The summed E-state index contributed by atoms with van der Waals surface area (Å²) in [6, 6.07) is 5.21. The number of nitrogens with two attached hydrogens (primary N) is 1. The molecule has 1 amide bonds. The van der Waals surface area contributed by atoms with Crippen molar-refractivity contribution >= 4 is 17.7 Å². The summed E-state index contributed by atoms with van der Waals surface area (Å²) in [5, 5.41) is 0.521. The first kappa shape index (κ1) is 11.5. The topological polar surface area (TPSA) is 81.8 Å². The van der Waals surface area contributed by atoms with Crippen molar-refractivity contribution in [3.8, 4) is 11.3 Å². The summed E-state index contributed by atoms with van der Waals surface area (Å²) in [7, 11) is 0. The summed E-state index contributed by atoms with van der Waals surface area (Å²) in [6.45, 7) is 0. The summed E-state index contributed by atoms with van der Waals surface area (Å²) >= 11 is 1.36. The molecule has 0 saturated heterocycles. The van der Waals surface area contributed by atoms with Gasteiger partial charge in [-0.1, -0.05) is 11.8 Å². The molecule has 0 aliphatic heterocycles. The van der Waals surface area contributed by atoms with Crippen LogP contribution in [0.5, 0.6) is 0 Å². The van der Waals surface area contributed by atoms with Crippen molar-refractivity contribution < 1.29 is 4.79 Å². The molecule has 0 saturated carbocycles. The highest BCUT2D eigenvalue weighted by Crippen LogP contribution is 2.19. The molecule has 2 heterocycles. The first-order chi connectivity index (χ1) is 8.20. The van der Waals surface area contributed by atoms with Crippen LogP contribution in [0.25, 0.3) is 11.3 Å². The maximum atomic E-state index is 11.2. The highest BCUT2D eigenvalue weighted by atomic mass is 32.2. The molecule has 17 heavy (non-hydrogen) atoms. The average Bonchev–Trinajstić information content (AvgIpc) is 2.39. The molecule has 6 heteroatoms. The molecule has 0 radical (unpaired) electrons. The lowest BCUT2D eigenvalue weighted by molar-refractivity contribution is 0.0994. The highest BCUT2D eigenvalue weighted by Gasteiger charge is 2.09. The van der Waals surface area contributed by atoms with Gasteiger partial charge in [0.1, 0.15) is 5.69 Å². The van der Waals surface area contributed by atoms with Crippen LogP contribution in [0.2, 0.25) is 0 Å². The second-order valence-corrected chi connectivity index (χ2v) is 4.00. The third-order valence-corrected chi connectivity index (χ3v) is 2.66. The monoisotopic (exact) mass is 246 g/mol. The molecule has 86 valence electrons. The Morgan fingerprint density at radius 1 is 1.29 bits per heavy atom. The van der Waals surface area contributed by atoms with Crippen LogP contribution in [0.1, 0.15) is 10.5 Å². The van der Waals surface area contributed by atoms with Gasteiger partial charge in [-0.15, -0.1) is 0 Å². The quantitative estimate of drug-likeness (QED) is 0.653. The number of nitrogens with zero attached hydrogens (tertiary/aromatic N) is 3. The molecule has 0 aromatic carbocycles. The summed E-state index contributed by atoms with van der Waals surface area (Å²) < 4.78 is 0. The van der Waals surface area contributed by atoms with Crippen molar-refractivity contribution in [3.05, 3.63) is 36.3 Å². The van der Waals surface area contributed by atoms with Crippen LogP contribution in [0, 0.1) is 0 Å². The second kappa shape index (κ2) is 4.92. The number of aromatic nitrogens is 3. The molecule has 2 rings (SSSR count). The van der Waals surface area contributed by atoms with E-state index in [2.05, 4.69) is 15.0 Å². The van der Waals surface area contributed by atoms with Crippen molar-refractivity contribution in [1.29, 1.82) is 0 Å². The predicted octanol–water partition coefficient (Wildman–Crippen LogP) is 1.36. The minimum Gasteiger partial charge on any atom is -0.364 e.